The highest BCUT2D eigenvalue weighted by atomic mass is 32.2. The molecule has 9 nitrogen and oxygen atoms in total. The second kappa shape index (κ2) is 13.1. The second-order valence-electron chi connectivity index (χ2n) is 9.54. The summed E-state index contributed by atoms with van der Waals surface area (Å²) in [6.45, 7) is 3.70. The van der Waals surface area contributed by atoms with E-state index in [0.717, 1.165) is 16.7 Å². The van der Waals surface area contributed by atoms with E-state index in [2.05, 4.69) is 10.0 Å². The smallest absolute Gasteiger partial charge is 0.417 e. The molecule has 0 radical (unpaired) electrons. The molecule has 0 spiro atoms. The molecule has 0 saturated heterocycles. The molecule has 41 heavy (non-hydrogen) atoms. The molecule has 0 aromatic heterocycles. The van der Waals surface area contributed by atoms with Gasteiger partial charge in [0.2, 0.25) is 10.0 Å². The minimum atomic E-state index is -4.01. The third-order valence-corrected chi connectivity index (χ3v) is 7.58. The molecule has 0 heterocycles. The molecule has 0 aliphatic carbocycles. The number of carboxylic acids is 1. The number of amides is 1. The zero-order valence-electron chi connectivity index (χ0n) is 22.5. The molecule has 0 saturated carbocycles. The Morgan fingerprint density at radius 2 is 1.34 bits per heavy atom. The Morgan fingerprint density at radius 3 is 1.90 bits per heavy atom. The van der Waals surface area contributed by atoms with Crippen molar-refractivity contribution < 1.29 is 32.6 Å². The van der Waals surface area contributed by atoms with Gasteiger partial charge in [0.05, 0.1) is 4.90 Å². The SMILES string of the molecule is CC(C)C(NS(=O)(=O)c1ccc(-c2ccc(OC(=O)Nc3ccc(OCc4ccccc4)cc3)cc2)cc1)C(=O)O. The van der Waals surface area contributed by atoms with E-state index in [-0.39, 0.29) is 4.90 Å². The highest BCUT2D eigenvalue weighted by Gasteiger charge is 2.28. The van der Waals surface area contributed by atoms with Crippen LogP contribution in [0.2, 0.25) is 0 Å². The molecule has 4 aromatic rings. The maximum absolute atomic E-state index is 12.6. The minimum Gasteiger partial charge on any atom is -0.489 e. The van der Waals surface area contributed by atoms with E-state index >= 15 is 0 Å². The Morgan fingerprint density at radius 1 is 0.780 bits per heavy atom. The number of rotatable bonds is 11. The van der Waals surface area contributed by atoms with Crippen LogP contribution in [0.25, 0.3) is 11.1 Å². The Kier molecular flexibility index (Phi) is 9.38. The number of aliphatic carboxylic acids is 1. The van der Waals surface area contributed by atoms with Crippen LogP contribution in [0.4, 0.5) is 10.5 Å². The van der Waals surface area contributed by atoms with E-state index in [0.29, 0.717) is 23.8 Å². The van der Waals surface area contributed by atoms with Gasteiger partial charge < -0.3 is 14.6 Å². The lowest BCUT2D eigenvalue weighted by atomic mass is 10.1. The van der Waals surface area contributed by atoms with Crippen LogP contribution in [0.3, 0.4) is 0 Å². The fraction of sp³-hybridized carbons (Fsp3) is 0.161. The summed E-state index contributed by atoms with van der Waals surface area (Å²) >= 11 is 0. The lowest BCUT2D eigenvalue weighted by Gasteiger charge is -2.18. The summed E-state index contributed by atoms with van der Waals surface area (Å²) < 4.78 is 38.6. The predicted molar refractivity (Wildman–Crippen MR) is 155 cm³/mol. The van der Waals surface area contributed by atoms with Gasteiger partial charge >= 0.3 is 12.1 Å². The zero-order valence-corrected chi connectivity index (χ0v) is 23.3. The molecule has 0 bridgehead atoms. The molecule has 1 atom stereocenters. The van der Waals surface area contributed by atoms with E-state index in [1.165, 1.54) is 12.1 Å². The van der Waals surface area contributed by atoms with Crippen LogP contribution in [0.5, 0.6) is 11.5 Å². The van der Waals surface area contributed by atoms with Crippen molar-refractivity contribution in [2.24, 2.45) is 5.92 Å². The number of hydrogen-bond acceptors (Lipinski definition) is 6. The van der Waals surface area contributed by atoms with Gasteiger partial charge in [-0.1, -0.05) is 68.4 Å². The fourth-order valence-corrected chi connectivity index (χ4v) is 5.21. The molecular formula is C31H30N2O7S. The van der Waals surface area contributed by atoms with Crippen molar-refractivity contribution in [2.75, 3.05) is 5.32 Å². The monoisotopic (exact) mass is 574 g/mol. The first kappa shape index (κ1) is 29.3. The number of sulfonamides is 1. The lowest BCUT2D eigenvalue weighted by molar-refractivity contribution is -0.140. The summed E-state index contributed by atoms with van der Waals surface area (Å²) in [4.78, 5) is 23.7. The van der Waals surface area contributed by atoms with Gasteiger partial charge in [-0.25, -0.2) is 13.2 Å². The van der Waals surface area contributed by atoms with E-state index in [1.807, 2.05) is 30.3 Å². The summed E-state index contributed by atoms with van der Waals surface area (Å²) in [5.74, 6) is -0.663. The molecule has 10 heteroatoms. The quantitative estimate of drug-likeness (QED) is 0.202. The Hall–Kier alpha value is -4.67. The second-order valence-corrected chi connectivity index (χ2v) is 11.3. The van der Waals surface area contributed by atoms with Crippen LogP contribution < -0.4 is 19.5 Å². The number of ether oxygens (including phenoxy) is 2. The van der Waals surface area contributed by atoms with Crippen LogP contribution in [0.1, 0.15) is 19.4 Å². The third-order valence-electron chi connectivity index (χ3n) is 6.13. The van der Waals surface area contributed by atoms with Crippen LogP contribution >= 0.6 is 0 Å². The Bertz CT molecular complexity index is 1570. The largest absolute Gasteiger partial charge is 0.489 e. The first-order chi connectivity index (χ1) is 19.6. The summed E-state index contributed by atoms with van der Waals surface area (Å²) in [6.07, 6.45) is -0.654. The first-order valence-electron chi connectivity index (χ1n) is 12.8. The number of hydrogen-bond donors (Lipinski definition) is 3. The molecule has 3 N–H and O–H groups in total. The zero-order chi connectivity index (χ0) is 29.4. The van der Waals surface area contributed by atoms with Gasteiger partial charge in [0.1, 0.15) is 24.1 Å². The van der Waals surface area contributed by atoms with Crippen LogP contribution in [0.15, 0.2) is 108 Å². The van der Waals surface area contributed by atoms with Gasteiger partial charge in [0.25, 0.3) is 0 Å². The van der Waals surface area contributed by atoms with Gasteiger partial charge in [0, 0.05) is 5.69 Å². The number of carbonyl (C=O) groups excluding carboxylic acids is 1. The van der Waals surface area contributed by atoms with Crippen molar-refractivity contribution in [3.63, 3.8) is 0 Å². The molecule has 212 valence electrons. The van der Waals surface area contributed by atoms with Gasteiger partial charge in [-0.05, 0) is 71.1 Å². The molecule has 0 aliphatic rings. The summed E-state index contributed by atoms with van der Waals surface area (Å²) in [5.41, 5.74) is 3.10. The normalized spacial score (nSPS) is 12.0. The van der Waals surface area contributed by atoms with Gasteiger partial charge in [-0.3, -0.25) is 10.1 Å². The maximum Gasteiger partial charge on any atom is 0.417 e. The van der Waals surface area contributed by atoms with Crippen molar-refractivity contribution >= 4 is 27.8 Å². The molecular weight excluding hydrogens is 544 g/mol. The average Bonchev–Trinajstić information content (AvgIpc) is 2.96. The number of nitrogens with one attached hydrogen (secondary N) is 2. The fourth-order valence-electron chi connectivity index (χ4n) is 3.87. The molecule has 4 rings (SSSR count). The van der Waals surface area contributed by atoms with Gasteiger partial charge in [-0.2, -0.15) is 4.72 Å². The number of carboxylic acid groups (broad SMARTS) is 1. The summed E-state index contributed by atoms with van der Waals surface area (Å²) in [7, 11) is -4.01. The van der Waals surface area contributed by atoms with E-state index in [4.69, 9.17) is 9.47 Å². The Labute approximate surface area is 238 Å². The standard InChI is InChI=1S/C31H30N2O7S/c1-21(2)29(30(34)35)33-41(37,38)28-18-10-24(11-19-28)23-8-14-27(15-9-23)40-31(36)32-25-12-16-26(17-13-25)39-20-22-6-4-3-5-7-22/h3-19,21,29,33H,20H2,1-2H3,(H,32,36)(H,34,35). The van der Waals surface area contributed by atoms with E-state index in [9.17, 15) is 23.1 Å². The van der Waals surface area contributed by atoms with Crippen molar-refractivity contribution in [1.29, 1.82) is 0 Å². The van der Waals surface area contributed by atoms with Crippen molar-refractivity contribution in [1.82, 2.24) is 4.72 Å². The van der Waals surface area contributed by atoms with Gasteiger partial charge in [0.15, 0.2) is 0 Å². The van der Waals surface area contributed by atoms with E-state index in [1.54, 1.807) is 74.5 Å². The van der Waals surface area contributed by atoms with Crippen molar-refractivity contribution in [3.05, 3.63) is 109 Å². The topological polar surface area (TPSA) is 131 Å². The van der Waals surface area contributed by atoms with Gasteiger partial charge in [-0.15, -0.1) is 0 Å². The highest BCUT2D eigenvalue weighted by molar-refractivity contribution is 7.89. The molecule has 4 aromatic carbocycles. The van der Waals surface area contributed by atoms with Crippen LogP contribution in [-0.2, 0) is 21.4 Å². The van der Waals surface area contributed by atoms with Crippen molar-refractivity contribution in [3.8, 4) is 22.6 Å². The third kappa shape index (κ3) is 8.17. The van der Waals surface area contributed by atoms with Crippen LogP contribution in [-0.4, -0.2) is 31.6 Å². The minimum absolute atomic E-state index is 0.0411. The number of carbonyl (C=O) groups is 2. The highest BCUT2D eigenvalue weighted by Crippen LogP contribution is 2.25. The molecule has 1 unspecified atom stereocenters. The maximum atomic E-state index is 12.6. The van der Waals surface area contributed by atoms with Crippen molar-refractivity contribution in [2.45, 2.75) is 31.4 Å². The average molecular weight is 575 g/mol. The lowest BCUT2D eigenvalue weighted by Crippen LogP contribution is -2.44. The van der Waals surface area contributed by atoms with Crippen LogP contribution in [0, 0.1) is 5.92 Å². The molecule has 1 amide bonds. The summed E-state index contributed by atoms with van der Waals surface area (Å²) in [5, 5.41) is 12.0. The molecule has 0 fully saturated rings. The molecule has 0 aliphatic heterocycles. The number of benzene rings is 4. The first-order valence-corrected chi connectivity index (χ1v) is 14.3. The predicted octanol–water partition coefficient (Wildman–Crippen LogP) is 5.93. The Balaban J connectivity index is 1.31. The summed E-state index contributed by atoms with van der Waals surface area (Å²) in [6, 6.07) is 28.3. The number of anilines is 1. The van der Waals surface area contributed by atoms with E-state index < -0.39 is 34.0 Å².